The number of rotatable bonds is 2. The Hall–Kier alpha value is -1.69. The molecule has 1 heterocycles. The number of carbonyl (C=O) groups is 1. The molecule has 0 fully saturated rings. The van der Waals surface area contributed by atoms with E-state index >= 15 is 0 Å². The van der Waals surface area contributed by atoms with Gasteiger partial charge < -0.3 is 4.74 Å². The van der Waals surface area contributed by atoms with Crippen LogP contribution in [0.15, 0.2) is 33.6 Å². The van der Waals surface area contributed by atoms with Gasteiger partial charge in [-0.15, -0.1) is 0 Å². The van der Waals surface area contributed by atoms with E-state index in [1.165, 1.54) is 12.1 Å². The van der Waals surface area contributed by atoms with Crippen molar-refractivity contribution in [3.63, 3.8) is 0 Å². The zero-order valence-electron chi connectivity index (χ0n) is 8.50. The van der Waals surface area contributed by atoms with Gasteiger partial charge in [0.1, 0.15) is 0 Å². The molecule has 2 rings (SSSR count). The lowest BCUT2D eigenvalue weighted by atomic mass is 10.1. The number of fused-ring (bicyclic) bond motifs is 1. The van der Waals surface area contributed by atoms with Crippen molar-refractivity contribution in [2.24, 2.45) is 4.40 Å². The van der Waals surface area contributed by atoms with Gasteiger partial charge in [-0.3, -0.25) is 0 Å². The molecule has 0 spiro atoms. The molecule has 1 aromatic rings. The zero-order valence-corrected chi connectivity index (χ0v) is 9.32. The molecule has 0 atom stereocenters. The van der Waals surface area contributed by atoms with E-state index in [0.717, 1.165) is 0 Å². The fraction of sp³-hybridized carbons (Fsp3) is 0.200. The van der Waals surface area contributed by atoms with E-state index in [0.29, 0.717) is 5.56 Å². The Balaban J connectivity index is 2.55. The largest absolute Gasteiger partial charge is 0.461 e. The number of ether oxygens (including phenoxy) is 1. The number of sulfonamides is 1. The lowest BCUT2D eigenvalue weighted by molar-refractivity contribution is -0.134. The topological polar surface area (TPSA) is 72.8 Å². The Morgan fingerprint density at radius 3 is 2.75 bits per heavy atom. The van der Waals surface area contributed by atoms with Crippen LogP contribution in [0.25, 0.3) is 0 Å². The van der Waals surface area contributed by atoms with Crippen molar-refractivity contribution in [2.75, 3.05) is 6.61 Å². The molecule has 0 aliphatic carbocycles. The van der Waals surface area contributed by atoms with Gasteiger partial charge in [-0.1, -0.05) is 18.2 Å². The average Bonchev–Trinajstić information content (AvgIpc) is 2.52. The molecule has 84 valence electrons. The summed E-state index contributed by atoms with van der Waals surface area (Å²) in [6.07, 6.45) is 0. The van der Waals surface area contributed by atoms with Crippen molar-refractivity contribution in [3.8, 4) is 0 Å². The molecule has 6 heteroatoms. The van der Waals surface area contributed by atoms with Gasteiger partial charge in [0.05, 0.1) is 11.5 Å². The van der Waals surface area contributed by atoms with Crippen molar-refractivity contribution in [1.82, 2.24) is 0 Å². The molecule has 1 aliphatic heterocycles. The minimum absolute atomic E-state index is 0.0538. The number of esters is 1. The Bertz CT molecular complexity index is 574. The second-order valence-electron chi connectivity index (χ2n) is 3.13. The third kappa shape index (κ3) is 1.61. The first-order valence-corrected chi connectivity index (χ1v) is 6.12. The predicted octanol–water partition coefficient (Wildman–Crippen LogP) is 0.741. The molecule has 16 heavy (non-hydrogen) atoms. The smallest absolute Gasteiger partial charge is 0.358 e. The van der Waals surface area contributed by atoms with E-state index in [4.69, 9.17) is 4.74 Å². The lowest BCUT2D eigenvalue weighted by Gasteiger charge is -2.00. The Kier molecular flexibility index (Phi) is 2.51. The maximum atomic E-state index is 11.6. The van der Waals surface area contributed by atoms with E-state index in [-0.39, 0.29) is 17.2 Å². The number of hydrogen-bond donors (Lipinski definition) is 0. The summed E-state index contributed by atoms with van der Waals surface area (Å²) in [7, 11) is -3.73. The first-order chi connectivity index (χ1) is 7.56. The molecular formula is C10H9NO4S. The molecule has 0 aromatic heterocycles. The molecule has 0 radical (unpaired) electrons. The maximum absolute atomic E-state index is 11.6. The molecule has 1 aromatic carbocycles. The summed E-state index contributed by atoms with van der Waals surface area (Å²) >= 11 is 0. The molecule has 1 aliphatic rings. The van der Waals surface area contributed by atoms with Gasteiger partial charge in [0.15, 0.2) is 5.71 Å². The van der Waals surface area contributed by atoms with Gasteiger partial charge in [0.25, 0.3) is 10.0 Å². The van der Waals surface area contributed by atoms with Gasteiger partial charge >= 0.3 is 5.97 Å². The molecule has 0 N–H and O–H groups in total. The minimum atomic E-state index is -3.73. The lowest BCUT2D eigenvalue weighted by Crippen LogP contribution is -2.17. The second kappa shape index (κ2) is 3.71. The predicted molar refractivity (Wildman–Crippen MR) is 56.8 cm³/mol. The summed E-state index contributed by atoms with van der Waals surface area (Å²) in [5, 5.41) is 0. The van der Waals surface area contributed by atoms with Crippen LogP contribution < -0.4 is 0 Å². The van der Waals surface area contributed by atoms with Gasteiger partial charge in [0.2, 0.25) is 0 Å². The average molecular weight is 239 g/mol. The van der Waals surface area contributed by atoms with Crippen LogP contribution in [0.1, 0.15) is 12.5 Å². The van der Waals surface area contributed by atoms with Gasteiger partial charge in [-0.05, 0) is 13.0 Å². The monoisotopic (exact) mass is 239 g/mol. The molecule has 0 saturated carbocycles. The van der Waals surface area contributed by atoms with E-state index in [2.05, 4.69) is 4.40 Å². The highest BCUT2D eigenvalue weighted by molar-refractivity contribution is 7.90. The maximum Gasteiger partial charge on any atom is 0.358 e. The normalized spacial score (nSPS) is 16.4. The molecule has 5 nitrogen and oxygen atoms in total. The quantitative estimate of drug-likeness (QED) is 0.713. The first kappa shape index (κ1) is 10.8. The highest BCUT2D eigenvalue weighted by Gasteiger charge is 2.32. The summed E-state index contributed by atoms with van der Waals surface area (Å²) in [5.74, 6) is -0.712. The van der Waals surface area contributed by atoms with Crippen LogP contribution in [0, 0.1) is 0 Å². The Morgan fingerprint density at radius 1 is 1.38 bits per heavy atom. The van der Waals surface area contributed by atoms with E-state index in [1.807, 2.05) is 0 Å². The van der Waals surface area contributed by atoms with Crippen LogP contribution in [0.5, 0.6) is 0 Å². The SMILES string of the molecule is CCOC(=O)C1=NS(=O)(=O)c2ccccc21. The van der Waals surface area contributed by atoms with Crippen LogP contribution in [0.2, 0.25) is 0 Å². The highest BCUT2D eigenvalue weighted by atomic mass is 32.2. The Morgan fingerprint density at radius 2 is 2.06 bits per heavy atom. The number of carbonyl (C=O) groups excluding carboxylic acids is 1. The van der Waals surface area contributed by atoms with Crippen molar-refractivity contribution in [3.05, 3.63) is 29.8 Å². The highest BCUT2D eigenvalue weighted by Crippen LogP contribution is 2.26. The molecule has 0 bridgehead atoms. The summed E-state index contributed by atoms with van der Waals surface area (Å²) in [4.78, 5) is 11.5. The standard InChI is InChI=1S/C10H9NO4S/c1-2-15-10(12)9-7-5-3-4-6-8(7)16(13,14)11-9/h3-6H,2H2,1H3. The first-order valence-electron chi connectivity index (χ1n) is 4.68. The third-order valence-electron chi connectivity index (χ3n) is 2.10. The number of hydrogen-bond acceptors (Lipinski definition) is 4. The molecule has 0 unspecified atom stereocenters. The van der Waals surface area contributed by atoms with Gasteiger partial charge in [-0.25, -0.2) is 4.79 Å². The summed E-state index contributed by atoms with van der Waals surface area (Å²) < 4.78 is 31.3. The van der Waals surface area contributed by atoms with Crippen LogP contribution in [-0.2, 0) is 19.6 Å². The van der Waals surface area contributed by atoms with E-state index in [9.17, 15) is 13.2 Å². The van der Waals surface area contributed by atoms with Gasteiger partial charge in [-0.2, -0.15) is 12.8 Å². The summed E-state index contributed by atoms with van der Waals surface area (Å²) in [6, 6.07) is 6.18. The minimum Gasteiger partial charge on any atom is -0.461 e. The van der Waals surface area contributed by atoms with E-state index < -0.39 is 16.0 Å². The van der Waals surface area contributed by atoms with Crippen molar-refractivity contribution in [2.45, 2.75) is 11.8 Å². The third-order valence-corrected chi connectivity index (χ3v) is 3.44. The zero-order chi connectivity index (χ0) is 11.8. The molecular weight excluding hydrogens is 230 g/mol. The van der Waals surface area contributed by atoms with Crippen molar-refractivity contribution in [1.29, 1.82) is 0 Å². The Labute approximate surface area is 92.8 Å². The van der Waals surface area contributed by atoms with Crippen LogP contribution in [0.3, 0.4) is 0 Å². The van der Waals surface area contributed by atoms with Gasteiger partial charge in [0, 0.05) is 5.56 Å². The van der Waals surface area contributed by atoms with Crippen LogP contribution in [-0.4, -0.2) is 26.7 Å². The fourth-order valence-corrected chi connectivity index (χ4v) is 2.66. The number of benzene rings is 1. The summed E-state index contributed by atoms with van der Waals surface area (Å²) in [5.41, 5.74) is 0.165. The van der Waals surface area contributed by atoms with Crippen LogP contribution >= 0.6 is 0 Å². The molecule has 0 saturated heterocycles. The molecule has 0 amide bonds. The fourth-order valence-electron chi connectivity index (χ4n) is 1.45. The van der Waals surface area contributed by atoms with Crippen molar-refractivity contribution >= 4 is 21.7 Å². The second-order valence-corrected chi connectivity index (χ2v) is 4.70. The summed E-state index contributed by atoms with van der Waals surface area (Å²) in [6.45, 7) is 1.83. The van der Waals surface area contributed by atoms with Crippen LogP contribution in [0.4, 0.5) is 0 Å². The van der Waals surface area contributed by atoms with Crippen molar-refractivity contribution < 1.29 is 17.9 Å². The van der Waals surface area contributed by atoms with E-state index in [1.54, 1.807) is 19.1 Å². The number of nitrogens with zero attached hydrogens (tertiary/aromatic N) is 1.